The number of nitrogens with zero attached hydrogens (tertiary/aromatic N) is 1. The molecule has 1 saturated carbocycles. The molecule has 1 aromatic heterocycles. The van der Waals surface area contributed by atoms with Crippen molar-refractivity contribution in [2.24, 2.45) is 11.3 Å². The molecule has 0 saturated heterocycles. The number of carboxylic acid groups (broad SMARTS) is 1. The maximum atomic E-state index is 12.3. The summed E-state index contributed by atoms with van der Waals surface area (Å²) in [5.74, 6) is -0.808. The van der Waals surface area contributed by atoms with Crippen molar-refractivity contribution in [3.05, 3.63) is 16.1 Å². The normalized spacial score (nSPS) is 21.0. The Kier molecular flexibility index (Phi) is 4.98. The molecule has 21 heavy (non-hydrogen) atoms. The first kappa shape index (κ1) is 15.9. The highest BCUT2D eigenvalue weighted by atomic mass is 32.1. The maximum absolute atomic E-state index is 12.3. The van der Waals surface area contributed by atoms with E-state index in [1.165, 1.54) is 23.1 Å². The zero-order valence-electron chi connectivity index (χ0n) is 12.5. The van der Waals surface area contributed by atoms with Gasteiger partial charge in [-0.15, -0.1) is 11.3 Å². The minimum absolute atomic E-state index is 0.0694. The van der Waals surface area contributed by atoms with Crippen LogP contribution in [-0.4, -0.2) is 28.5 Å². The SMILES string of the molecule is CC1(C)CCCCC1C(=O)NCCc1nc(C(=O)O)cs1. The molecule has 1 amide bonds. The number of carboxylic acids is 1. The first-order chi connectivity index (χ1) is 9.90. The molecule has 1 heterocycles. The number of nitrogens with one attached hydrogen (secondary N) is 1. The van der Waals surface area contributed by atoms with E-state index < -0.39 is 5.97 Å². The van der Waals surface area contributed by atoms with Crippen LogP contribution in [-0.2, 0) is 11.2 Å². The summed E-state index contributed by atoms with van der Waals surface area (Å²) in [4.78, 5) is 27.1. The molecule has 116 valence electrons. The van der Waals surface area contributed by atoms with Gasteiger partial charge >= 0.3 is 5.97 Å². The zero-order chi connectivity index (χ0) is 15.5. The van der Waals surface area contributed by atoms with Crippen LogP contribution in [0.1, 0.15) is 55.0 Å². The molecule has 1 atom stereocenters. The van der Waals surface area contributed by atoms with E-state index in [0.29, 0.717) is 13.0 Å². The van der Waals surface area contributed by atoms with E-state index >= 15 is 0 Å². The Balaban J connectivity index is 1.82. The van der Waals surface area contributed by atoms with Gasteiger partial charge in [0.25, 0.3) is 0 Å². The number of hydrogen-bond acceptors (Lipinski definition) is 4. The lowest BCUT2D eigenvalue weighted by Gasteiger charge is -2.37. The zero-order valence-corrected chi connectivity index (χ0v) is 13.3. The van der Waals surface area contributed by atoms with E-state index in [-0.39, 0.29) is 22.9 Å². The van der Waals surface area contributed by atoms with E-state index in [4.69, 9.17) is 5.11 Å². The molecule has 1 unspecified atom stereocenters. The predicted molar refractivity (Wildman–Crippen MR) is 81.5 cm³/mol. The minimum atomic E-state index is -1.01. The van der Waals surface area contributed by atoms with Crippen molar-refractivity contribution in [1.29, 1.82) is 0 Å². The molecular weight excluding hydrogens is 288 g/mol. The van der Waals surface area contributed by atoms with E-state index in [2.05, 4.69) is 24.1 Å². The van der Waals surface area contributed by atoms with Crippen LogP contribution in [0.15, 0.2) is 5.38 Å². The third-order valence-corrected chi connectivity index (χ3v) is 5.14. The fourth-order valence-corrected chi connectivity index (χ4v) is 3.69. The summed E-state index contributed by atoms with van der Waals surface area (Å²) in [5.41, 5.74) is 0.148. The van der Waals surface area contributed by atoms with Crippen LogP contribution in [0.25, 0.3) is 0 Å². The molecule has 6 heteroatoms. The molecule has 1 aliphatic carbocycles. The van der Waals surface area contributed by atoms with Gasteiger partial charge in [0, 0.05) is 24.3 Å². The monoisotopic (exact) mass is 310 g/mol. The molecule has 5 nitrogen and oxygen atoms in total. The first-order valence-electron chi connectivity index (χ1n) is 7.35. The smallest absolute Gasteiger partial charge is 0.355 e. The fourth-order valence-electron chi connectivity index (χ4n) is 2.92. The van der Waals surface area contributed by atoms with Crippen LogP contribution in [0.2, 0.25) is 0 Å². The quantitative estimate of drug-likeness (QED) is 0.876. The van der Waals surface area contributed by atoms with Crippen molar-refractivity contribution < 1.29 is 14.7 Å². The van der Waals surface area contributed by atoms with Crippen molar-refractivity contribution in [1.82, 2.24) is 10.3 Å². The number of hydrogen-bond donors (Lipinski definition) is 2. The highest BCUT2D eigenvalue weighted by molar-refractivity contribution is 7.09. The number of aromatic carboxylic acids is 1. The Bertz CT molecular complexity index is 525. The summed E-state index contributed by atoms with van der Waals surface area (Å²) in [5, 5.41) is 14.1. The third kappa shape index (κ3) is 4.03. The number of amides is 1. The van der Waals surface area contributed by atoms with Crippen molar-refractivity contribution in [3.8, 4) is 0 Å². The Morgan fingerprint density at radius 1 is 1.48 bits per heavy atom. The summed E-state index contributed by atoms with van der Waals surface area (Å²) in [6.45, 7) is 4.84. The van der Waals surface area contributed by atoms with Crippen molar-refractivity contribution in [2.75, 3.05) is 6.54 Å². The maximum Gasteiger partial charge on any atom is 0.355 e. The van der Waals surface area contributed by atoms with Gasteiger partial charge in [-0.2, -0.15) is 0 Å². The Morgan fingerprint density at radius 3 is 2.86 bits per heavy atom. The van der Waals surface area contributed by atoms with Crippen LogP contribution in [0.4, 0.5) is 0 Å². The molecule has 2 N–H and O–H groups in total. The van der Waals surface area contributed by atoms with Gasteiger partial charge in [-0.25, -0.2) is 9.78 Å². The van der Waals surface area contributed by atoms with Gasteiger partial charge in [0.1, 0.15) is 0 Å². The van der Waals surface area contributed by atoms with Gasteiger partial charge < -0.3 is 10.4 Å². The summed E-state index contributed by atoms with van der Waals surface area (Å²) < 4.78 is 0. The molecular formula is C15H22N2O3S. The number of carbonyl (C=O) groups excluding carboxylic acids is 1. The second-order valence-corrected chi connectivity index (χ2v) is 7.20. The average Bonchev–Trinajstić information content (AvgIpc) is 2.87. The van der Waals surface area contributed by atoms with Crippen molar-refractivity contribution >= 4 is 23.2 Å². The van der Waals surface area contributed by atoms with Crippen LogP contribution >= 0.6 is 11.3 Å². The molecule has 2 rings (SSSR count). The summed E-state index contributed by atoms with van der Waals surface area (Å²) in [6, 6.07) is 0. The lowest BCUT2D eigenvalue weighted by Crippen LogP contribution is -2.41. The second kappa shape index (κ2) is 6.56. The lowest BCUT2D eigenvalue weighted by molar-refractivity contribution is -0.130. The highest BCUT2D eigenvalue weighted by Crippen LogP contribution is 2.40. The Morgan fingerprint density at radius 2 is 2.24 bits per heavy atom. The Labute approximate surface area is 128 Å². The number of rotatable bonds is 5. The number of aromatic nitrogens is 1. The summed E-state index contributed by atoms with van der Waals surface area (Å²) in [6.07, 6.45) is 4.96. The first-order valence-corrected chi connectivity index (χ1v) is 8.23. The molecule has 0 bridgehead atoms. The topological polar surface area (TPSA) is 79.3 Å². The molecule has 1 aromatic rings. The van der Waals surface area contributed by atoms with Gasteiger partial charge in [-0.05, 0) is 18.3 Å². The average molecular weight is 310 g/mol. The van der Waals surface area contributed by atoms with Crippen molar-refractivity contribution in [3.63, 3.8) is 0 Å². The minimum Gasteiger partial charge on any atom is -0.476 e. The van der Waals surface area contributed by atoms with Crippen LogP contribution < -0.4 is 5.32 Å². The van der Waals surface area contributed by atoms with E-state index in [1.807, 2.05) is 0 Å². The van der Waals surface area contributed by atoms with Gasteiger partial charge in [0.15, 0.2) is 5.69 Å². The largest absolute Gasteiger partial charge is 0.476 e. The molecule has 0 aliphatic heterocycles. The van der Waals surface area contributed by atoms with Gasteiger partial charge in [0.05, 0.1) is 5.01 Å². The van der Waals surface area contributed by atoms with Crippen LogP contribution in [0.3, 0.4) is 0 Å². The van der Waals surface area contributed by atoms with Crippen LogP contribution in [0.5, 0.6) is 0 Å². The third-order valence-electron chi connectivity index (χ3n) is 4.23. The van der Waals surface area contributed by atoms with E-state index in [1.54, 1.807) is 0 Å². The Hall–Kier alpha value is -1.43. The van der Waals surface area contributed by atoms with Gasteiger partial charge in [0.2, 0.25) is 5.91 Å². The molecule has 1 fully saturated rings. The molecule has 0 spiro atoms. The molecule has 0 aromatic carbocycles. The van der Waals surface area contributed by atoms with E-state index in [9.17, 15) is 9.59 Å². The highest BCUT2D eigenvalue weighted by Gasteiger charge is 2.36. The standard InChI is InChI=1S/C15H22N2O3S/c1-15(2)7-4-3-5-10(15)13(18)16-8-6-12-17-11(9-21-12)14(19)20/h9-10H,3-8H2,1-2H3,(H,16,18)(H,19,20). The predicted octanol–water partition coefficient (Wildman–Crippen LogP) is 2.72. The number of thiazole rings is 1. The van der Waals surface area contributed by atoms with Crippen LogP contribution in [0, 0.1) is 11.3 Å². The van der Waals surface area contributed by atoms with E-state index in [0.717, 1.165) is 24.3 Å². The van der Waals surface area contributed by atoms with Gasteiger partial charge in [-0.3, -0.25) is 4.79 Å². The summed E-state index contributed by atoms with van der Waals surface area (Å²) in [7, 11) is 0. The lowest BCUT2D eigenvalue weighted by atomic mass is 9.68. The number of carbonyl (C=O) groups is 2. The molecule has 1 aliphatic rings. The summed E-state index contributed by atoms with van der Waals surface area (Å²) >= 11 is 1.32. The van der Waals surface area contributed by atoms with Crippen molar-refractivity contribution in [2.45, 2.75) is 46.0 Å². The van der Waals surface area contributed by atoms with Gasteiger partial charge in [-0.1, -0.05) is 26.7 Å². The fraction of sp³-hybridized carbons (Fsp3) is 0.667. The second-order valence-electron chi connectivity index (χ2n) is 6.26. The molecule has 0 radical (unpaired) electrons.